The van der Waals surface area contributed by atoms with E-state index in [1.54, 1.807) is 66.6 Å². The van der Waals surface area contributed by atoms with E-state index in [0.717, 1.165) is 57.1 Å². The number of allylic oxidation sites excluding steroid dienone is 1. The van der Waals surface area contributed by atoms with Crippen molar-refractivity contribution in [2.24, 2.45) is 28.8 Å². The van der Waals surface area contributed by atoms with Gasteiger partial charge in [-0.3, -0.25) is 38.6 Å². The molecule has 0 aromatic heterocycles. The van der Waals surface area contributed by atoms with E-state index in [2.05, 4.69) is 180 Å². The molecular formula is C104H174I3N6O10Si-. The molecule has 0 spiro atoms. The van der Waals surface area contributed by atoms with Gasteiger partial charge < -0.3 is 35.0 Å². The summed E-state index contributed by atoms with van der Waals surface area (Å²) >= 11 is 5.30. The third-order valence-corrected chi connectivity index (χ3v) is 19.5. The number of hydrogen-bond acceptors (Lipinski definition) is 14. The van der Waals surface area contributed by atoms with Crippen molar-refractivity contribution in [2.75, 3.05) is 79.0 Å². The van der Waals surface area contributed by atoms with E-state index in [9.17, 15) is 33.6 Å². The number of rotatable bonds is 18. The van der Waals surface area contributed by atoms with Crippen molar-refractivity contribution in [2.45, 2.75) is 247 Å². The van der Waals surface area contributed by atoms with Gasteiger partial charge in [0.2, 0.25) is 11.8 Å². The molecule has 2 amide bonds. The van der Waals surface area contributed by atoms with Crippen LogP contribution in [0, 0.1) is 23.7 Å². The number of benzene rings is 7. The number of carbonyl (C=O) groups is 7. The number of Topliss-reactive ketones (excluding diaryl/α,β-unsaturated/α-hetero) is 4. The number of nitrogens with one attached hydrogen (secondary N) is 1. The summed E-state index contributed by atoms with van der Waals surface area (Å²) in [4.78, 5) is 86.3. The molecule has 20 heteroatoms. The molecule has 16 nitrogen and oxygen atoms in total. The zero-order valence-electron chi connectivity index (χ0n) is 75.2. The molecule has 4 heterocycles. The molecule has 0 saturated carbocycles. The topological polar surface area (TPSA) is 207 Å². The number of hydrogen-bond donors (Lipinski definition) is 3. The average molecular weight is 2080 g/mol. The Morgan fingerprint density at radius 1 is 0.460 bits per heavy atom. The molecule has 7 aromatic rings. The van der Waals surface area contributed by atoms with Gasteiger partial charge in [0.1, 0.15) is 23.1 Å². The van der Waals surface area contributed by atoms with E-state index in [1.807, 2.05) is 196 Å². The van der Waals surface area contributed by atoms with Gasteiger partial charge in [0.25, 0.3) is 0 Å². The van der Waals surface area contributed by atoms with E-state index >= 15 is 0 Å². The van der Waals surface area contributed by atoms with Crippen LogP contribution in [0.4, 0.5) is 0 Å². The molecule has 4 saturated heterocycles. The molecule has 124 heavy (non-hydrogen) atoms. The molecule has 8 atom stereocenters. The van der Waals surface area contributed by atoms with Crippen LogP contribution < -0.4 is 18.6 Å². The second kappa shape index (κ2) is 85.7. The zero-order valence-corrected chi connectivity index (χ0v) is 82.7. The van der Waals surface area contributed by atoms with Crippen LogP contribution in [0.5, 0.6) is 0 Å². The number of methoxy groups -OCH3 is 1. The Balaban J connectivity index is -0.000000150. The van der Waals surface area contributed by atoms with Gasteiger partial charge >= 0.3 is 50.5 Å². The molecule has 0 unspecified atom stereocenters. The van der Waals surface area contributed by atoms with E-state index in [1.165, 1.54) is 47.8 Å². The first-order valence-corrected chi connectivity index (χ1v) is 57.7. The molecule has 4 fully saturated rings. The first-order valence-electron chi connectivity index (χ1n) is 41.4. The van der Waals surface area contributed by atoms with Crippen molar-refractivity contribution in [3.05, 3.63) is 257 Å². The summed E-state index contributed by atoms with van der Waals surface area (Å²) in [5, 5.41) is 23.1. The van der Waals surface area contributed by atoms with Crippen LogP contribution in [0.2, 0.25) is 19.6 Å². The number of ether oxygens (including phenoxy) is 1. The molecule has 0 bridgehead atoms. The van der Waals surface area contributed by atoms with Crippen LogP contribution in [-0.4, -0.2) is 163 Å². The van der Waals surface area contributed by atoms with Gasteiger partial charge in [0.15, 0.2) is 5.78 Å². The maximum absolute atomic E-state index is 12.0. The van der Waals surface area contributed by atoms with Crippen molar-refractivity contribution in [3.8, 4) is 0 Å². The molecule has 4 aliphatic heterocycles. The second-order valence-electron chi connectivity index (χ2n) is 28.3. The number of carbonyl (C=O) groups excluding carboxylic acids is 7. The minimum atomic E-state index is -1.07. The SMILES string of the molecule is C.C.C.C.C.C.C.CC.CC.CC.CC.CC.CC(=O)/C=C/c1ccccc1.CC(=O)N1C[C@@H](/C(C)=N/O)[C@H](c2ccccc2)C1.CC(=O)[C@@H]1CN(C(C)=O)C[C@H]1c1ccccc1.CC(=O)[C@@H]1CN(Cc2ccccc2)C[C@H]1c1ccccc1.CC(=O)[C@@H]1CNC[C@H]1c1ccccc1.CC(C)=O.CCO.COCN(Cc1ccccc1)C[Si](C)(C)C.I[I-]I. The molecule has 3 N–H and O–H groups in total. The number of aliphatic hydroxyl groups is 1. The fourth-order valence-electron chi connectivity index (χ4n) is 13.2. The number of ketones is 5. The fraction of sp³-hybridized carbons (Fsp3) is 0.500. The first kappa shape index (κ1) is 138. The van der Waals surface area contributed by atoms with Gasteiger partial charge in [0, 0.05) is 140 Å². The number of likely N-dealkylation sites (tertiary alicyclic amines) is 3. The summed E-state index contributed by atoms with van der Waals surface area (Å²) in [5.74, 6) is 2.53. The van der Waals surface area contributed by atoms with Crippen molar-refractivity contribution in [3.63, 3.8) is 0 Å². The Morgan fingerprint density at radius 2 is 0.758 bits per heavy atom. The van der Waals surface area contributed by atoms with Crippen LogP contribution in [0.15, 0.2) is 224 Å². The van der Waals surface area contributed by atoms with Crippen molar-refractivity contribution < 1.29 is 61.9 Å². The van der Waals surface area contributed by atoms with Crippen LogP contribution in [-0.2, 0) is 51.4 Å². The van der Waals surface area contributed by atoms with Gasteiger partial charge in [-0.25, -0.2) is 0 Å². The quantitative estimate of drug-likeness (QED) is 0.0139. The summed E-state index contributed by atoms with van der Waals surface area (Å²) in [6.45, 7) is 52.4. The van der Waals surface area contributed by atoms with Gasteiger partial charge in [-0.15, -0.1) is 0 Å². The van der Waals surface area contributed by atoms with Crippen molar-refractivity contribution >= 4 is 97.8 Å². The number of aliphatic hydroxyl groups excluding tert-OH is 1. The summed E-state index contributed by atoms with van der Waals surface area (Å²) in [7, 11) is 0.701. The van der Waals surface area contributed by atoms with E-state index < -0.39 is 8.07 Å². The third-order valence-electron chi connectivity index (χ3n) is 18.1. The average Bonchev–Trinajstić information content (AvgIpc) is 1.69. The molecule has 0 radical (unpaired) electrons. The predicted molar refractivity (Wildman–Crippen MR) is 556 cm³/mol. The Labute approximate surface area is 789 Å². The van der Waals surface area contributed by atoms with Crippen LogP contribution in [0.25, 0.3) is 6.08 Å². The van der Waals surface area contributed by atoms with E-state index in [4.69, 9.17) is 15.1 Å². The number of halogens is 3. The molecule has 7 aromatic carbocycles. The summed E-state index contributed by atoms with van der Waals surface area (Å²) in [5.41, 5.74) is 9.32. The Morgan fingerprint density at radius 3 is 1.07 bits per heavy atom. The van der Waals surface area contributed by atoms with Gasteiger partial charge in [-0.1, -0.05) is 364 Å². The number of nitrogens with zero attached hydrogens (tertiary/aromatic N) is 5. The van der Waals surface area contributed by atoms with Gasteiger partial charge in [0.05, 0.1) is 20.5 Å². The van der Waals surface area contributed by atoms with Crippen LogP contribution in [0.3, 0.4) is 0 Å². The number of oxime groups is 1. The van der Waals surface area contributed by atoms with Crippen LogP contribution in [0.1, 0.15) is 253 Å². The molecular weight excluding hydrogens is 1900 g/mol. The maximum atomic E-state index is 12.0. The van der Waals surface area contributed by atoms with Gasteiger partial charge in [-0.05, 0) is 107 Å². The molecule has 0 aliphatic carbocycles. The fourth-order valence-corrected chi connectivity index (χ4v) is 14.7. The minimum absolute atomic E-state index is 0. The summed E-state index contributed by atoms with van der Waals surface area (Å²) in [6, 6.07) is 71.6. The second-order valence-corrected chi connectivity index (χ2v) is 50.0. The van der Waals surface area contributed by atoms with E-state index in [0.29, 0.717) is 68.5 Å². The van der Waals surface area contributed by atoms with Gasteiger partial charge in [-0.2, -0.15) is 0 Å². The summed E-state index contributed by atoms with van der Waals surface area (Å²) in [6.07, 6.45) is 4.55. The Kier molecular flexibility index (Phi) is 95.2. The normalized spacial score (nSPS) is 16.8. The van der Waals surface area contributed by atoms with Crippen LogP contribution >= 0.6 is 37.2 Å². The van der Waals surface area contributed by atoms with E-state index in [-0.39, 0.29) is 123 Å². The monoisotopic (exact) mass is 2080 g/mol. The first-order chi connectivity index (χ1) is 56.1. The Bertz CT molecular complexity index is 3730. The third kappa shape index (κ3) is 60.1. The van der Waals surface area contributed by atoms with Crippen molar-refractivity contribution in [1.82, 2.24) is 24.9 Å². The van der Waals surface area contributed by atoms with Crippen molar-refractivity contribution in [1.29, 1.82) is 0 Å². The predicted octanol–water partition coefficient (Wildman–Crippen LogP) is 23.2. The molecule has 11 rings (SSSR count). The standard InChI is InChI=1S/C19H21NO.C14H18N2O2.C14H17NO2.C13H23NOSi.C12H15NO.C10H10O.C3H6O.C2H6O.5C2H6.7CH4.I3/c1-15(21)18-13-20(12-16-8-4-2-5-9-16)14-19(18)17-10-6-3-7-11-17;1-10(15-18)13-8-16(11(2)17)9-14(13)12-6-4-3-5-7-12;1-10(16)13-8-15(11(2)17)9-14(13)12-6-4-3-5-7-12;1-15-11-14(12-16(2,3)4)10-13-8-6-5-7-9-13;1-9(14)11-7-13-8-12(11)10-5-3-2-4-6-10;1-9(11)7-8-10-5-3-2-4-6-10;1-3(2)4;1-2-3;5*1-2;;;;;;;;1-3-2/h2-11,18-19H,12-14H2,1H3;3-7,13-14,18H,8-9H2,1-2H3;3-7,13-14H,8-9H2,1-2H3;5-9H,10-12H2,1-4H3;2-6,11-13H,7-8H2,1H3;2-8H,1H3;1-2H3;3H,2H2,1H3;5*1-2H3;7*1H4;/q;;;;;;;;;;;;;;;;;;;;-1/b;15-10+;;;;8-7+;;;;;;;;;;;;;;;/t18-,19-;2*13-,14-;;11-,12-;;;;;;;;;;;;;;;;/m000.0................/s1. The Hall–Kier alpha value is -6.75. The molecule has 706 valence electrons. The number of amides is 2. The zero-order chi connectivity index (χ0) is 89.3. The molecule has 4 aliphatic rings. The summed E-state index contributed by atoms with van der Waals surface area (Å²) < 4.78 is 5.27.